The van der Waals surface area contributed by atoms with E-state index in [1.807, 2.05) is 30.6 Å². The minimum atomic E-state index is -0.251. The van der Waals surface area contributed by atoms with Crippen molar-refractivity contribution in [1.82, 2.24) is 19.9 Å². The summed E-state index contributed by atoms with van der Waals surface area (Å²) < 4.78 is 0. The van der Waals surface area contributed by atoms with E-state index in [1.54, 1.807) is 0 Å². The first-order valence-corrected chi connectivity index (χ1v) is 9.39. The van der Waals surface area contributed by atoms with Crippen LogP contribution in [0.1, 0.15) is 12.0 Å². The molecule has 2 fully saturated rings. The third-order valence-corrected chi connectivity index (χ3v) is 5.19. The van der Waals surface area contributed by atoms with Crippen LogP contribution < -0.4 is 9.80 Å². The van der Waals surface area contributed by atoms with Gasteiger partial charge in [0.15, 0.2) is 0 Å². The van der Waals surface area contributed by atoms with Gasteiger partial charge in [0.25, 0.3) is 0 Å². The van der Waals surface area contributed by atoms with E-state index >= 15 is 0 Å². The van der Waals surface area contributed by atoms with Gasteiger partial charge in [0.2, 0.25) is 5.95 Å². The average Bonchev–Trinajstić information content (AvgIpc) is 3.11. The molecular weight excluding hydrogens is 352 g/mol. The molecule has 0 spiro atoms. The van der Waals surface area contributed by atoms with Crippen LogP contribution in [0, 0.1) is 0 Å². The molecule has 2 aromatic heterocycles. The molecule has 4 heterocycles. The van der Waals surface area contributed by atoms with E-state index in [0.29, 0.717) is 11.7 Å². The predicted octanol–water partition coefficient (Wildman–Crippen LogP) is 1.42. The normalized spacial score (nSPS) is 21.4. The number of hydrogen-bond acceptors (Lipinski definition) is 7. The Balaban J connectivity index is 1.35. The maximum atomic E-state index is 9.73. The maximum Gasteiger partial charge on any atom is 0.227 e. The Hall–Kier alpha value is -1.96. The van der Waals surface area contributed by atoms with E-state index in [0.717, 1.165) is 57.5 Å². The minimum absolute atomic E-state index is 0.251. The number of anilines is 2. The fourth-order valence-corrected chi connectivity index (χ4v) is 3.59. The Morgan fingerprint density at radius 3 is 2.58 bits per heavy atom. The molecule has 0 unspecified atom stereocenters. The van der Waals surface area contributed by atoms with Gasteiger partial charge in [0.05, 0.1) is 6.10 Å². The molecule has 0 saturated carbocycles. The molecule has 1 N–H and O–H groups in total. The summed E-state index contributed by atoms with van der Waals surface area (Å²) in [5.74, 6) is 1.68. The summed E-state index contributed by atoms with van der Waals surface area (Å²) in [5, 5.41) is 10.3. The largest absolute Gasteiger partial charge is 0.391 e. The molecular formula is C18H23ClN6O. The van der Waals surface area contributed by atoms with Crippen molar-refractivity contribution in [2.24, 2.45) is 0 Å². The van der Waals surface area contributed by atoms with Crippen LogP contribution >= 0.6 is 11.6 Å². The van der Waals surface area contributed by atoms with Gasteiger partial charge >= 0.3 is 0 Å². The molecule has 2 saturated heterocycles. The number of β-amino-alcohol motifs (C(OH)–C–C–N with tert-alkyl or cyclic N) is 1. The number of aliphatic hydroxyl groups excluding tert-OH is 1. The molecule has 0 amide bonds. The van der Waals surface area contributed by atoms with Gasteiger partial charge in [-0.25, -0.2) is 9.97 Å². The first-order valence-electron chi connectivity index (χ1n) is 9.01. The molecule has 2 aromatic rings. The smallest absolute Gasteiger partial charge is 0.227 e. The number of aliphatic hydroxyl groups is 1. The second-order valence-electron chi connectivity index (χ2n) is 6.86. The highest BCUT2D eigenvalue weighted by atomic mass is 35.5. The summed E-state index contributed by atoms with van der Waals surface area (Å²) in [5.41, 5.74) is 1.17. The van der Waals surface area contributed by atoms with Crippen molar-refractivity contribution in [2.75, 3.05) is 49.1 Å². The van der Waals surface area contributed by atoms with Crippen LogP contribution in [0.15, 0.2) is 30.6 Å². The van der Waals surface area contributed by atoms with Crippen LogP contribution in [0.3, 0.4) is 0 Å². The highest BCUT2D eigenvalue weighted by Crippen LogP contribution is 2.21. The molecule has 0 bridgehead atoms. The zero-order valence-electron chi connectivity index (χ0n) is 14.6. The first-order chi connectivity index (χ1) is 12.7. The molecule has 26 heavy (non-hydrogen) atoms. The zero-order chi connectivity index (χ0) is 17.9. The molecule has 138 valence electrons. The number of halogens is 1. The second-order valence-corrected chi connectivity index (χ2v) is 7.24. The molecule has 0 aromatic carbocycles. The summed E-state index contributed by atoms with van der Waals surface area (Å²) in [6.45, 7) is 6.09. The number of aromatic nitrogens is 3. The van der Waals surface area contributed by atoms with Gasteiger partial charge < -0.3 is 14.9 Å². The quantitative estimate of drug-likeness (QED) is 0.811. The van der Waals surface area contributed by atoms with Gasteiger partial charge in [-0.1, -0.05) is 17.7 Å². The molecule has 0 radical (unpaired) electrons. The van der Waals surface area contributed by atoms with Gasteiger partial charge in [0, 0.05) is 58.2 Å². The molecule has 0 aliphatic carbocycles. The lowest BCUT2D eigenvalue weighted by Crippen LogP contribution is -2.46. The topological polar surface area (TPSA) is 68.6 Å². The molecule has 1 atom stereocenters. The van der Waals surface area contributed by atoms with E-state index in [9.17, 15) is 5.11 Å². The summed E-state index contributed by atoms with van der Waals surface area (Å²) in [6.07, 6.45) is 4.21. The van der Waals surface area contributed by atoms with E-state index in [-0.39, 0.29) is 6.10 Å². The Labute approximate surface area is 158 Å². The van der Waals surface area contributed by atoms with Crippen molar-refractivity contribution >= 4 is 23.4 Å². The van der Waals surface area contributed by atoms with Crippen LogP contribution in [0.25, 0.3) is 0 Å². The summed E-state index contributed by atoms with van der Waals surface area (Å²) in [7, 11) is 0. The maximum absolute atomic E-state index is 9.73. The van der Waals surface area contributed by atoms with Crippen LogP contribution in [-0.2, 0) is 6.54 Å². The lowest BCUT2D eigenvalue weighted by Gasteiger charge is -2.35. The number of hydrogen-bond donors (Lipinski definition) is 1. The lowest BCUT2D eigenvalue weighted by atomic mass is 10.2. The number of rotatable bonds is 4. The van der Waals surface area contributed by atoms with E-state index in [4.69, 9.17) is 16.6 Å². The van der Waals surface area contributed by atoms with Gasteiger partial charge in [-0.05, 0) is 24.1 Å². The highest BCUT2D eigenvalue weighted by Gasteiger charge is 2.23. The standard InChI is InChI=1S/C18H23ClN6O/c19-16-2-1-14(11-21-16)12-23-7-9-24(10-8-23)18-20-5-3-17(22-18)25-6-4-15(26)13-25/h1-3,5,11,15,26H,4,6-10,12-13H2/t15-/m1/s1. The third kappa shape index (κ3) is 4.06. The van der Waals surface area contributed by atoms with Gasteiger partial charge in [-0.2, -0.15) is 4.98 Å². The van der Waals surface area contributed by atoms with E-state index < -0.39 is 0 Å². The van der Waals surface area contributed by atoms with Crippen LogP contribution in [-0.4, -0.2) is 70.3 Å². The van der Waals surface area contributed by atoms with Crippen LogP contribution in [0.5, 0.6) is 0 Å². The number of nitrogens with zero attached hydrogens (tertiary/aromatic N) is 6. The van der Waals surface area contributed by atoms with Gasteiger partial charge in [-0.15, -0.1) is 0 Å². The summed E-state index contributed by atoms with van der Waals surface area (Å²) in [4.78, 5) is 20.1. The molecule has 4 rings (SSSR count). The van der Waals surface area contributed by atoms with Gasteiger partial charge in [0.1, 0.15) is 11.0 Å². The fourth-order valence-electron chi connectivity index (χ4n) is 3.48. The van der Waals surface area contributed by atoms with Crippen molar-refractivity contribution < 1.29 is 5.11 Å². The molecule has 7 nitrogen and oxygen atoms in total. The van der Waals surface area contributed by atoms with Crippen LogP contribution in [0.4, 0.5) is 11.8 Å². The SMILES string of the molecule is O[C@@H]1CCN(c2ccnc(N3CCN(Cc4ccc(Cl)nc4)CC3)n2)C1. The summed E-state index contributed by atoms with van der Waals surface area (Å²) in [6, 6.07) is 5.78. The monoisotopic (exact) mass is 374 g/mol. The van der Waals surface area contributed by atoms with Crippen molar-refractivity contribution in [3.8, 4) is 0 Å². The summed E-state index contributed by atoms with van der Waals surface area (Å²) >= 11 is 5.85. The first kappa shape index (κ1) is 17.5. The van der Waals surface area contributed by atoms with Crippen molar-refractivity contribution in [1.29, 1.82) is 0 Å². The molecule has 2 aliphatic rings. The highest BCUT2D eigenvalue weighted by molar-refractivity contribution is 6.29. The number of pyridine rings is 1. The Bertz CT molecular complexity index is 735. The third-order valence-electron chi connectivity index (χ3n) is 4.97. The van der Waals surface area contributed by atoms with E-state index in [2.05, 4.69) is 24.7 Å². The minimum Gasteiger partial charge on any atom is -0.391 e. The zero-order valence-corrected chi connectivity index (χ0v) is 15.4. The van der Waals surface area contributed by atoms with Gasteiger partial charge in [-0.3, -0.25) is 4.90 Å². The average molecular weight is 375 g/mol. The van der Waals surface area contributed by atoms with E-state index in [1.165, 1.54) is 5.56 Å². The second kappa shape index (κ2) is 7.73. The number of piperazine rings is 1. The fraction of sp³-hybridized carbons (Fsp3) is 0.500. The van der Waals surface area contributed by atoms with Crippen molar-refractivity contribution in [2.45, 2.75) is 19.1 Å². The van der Waals surface area contributed by atoms with Crippen molar-refractivity contribution in [3.63, 3.8) is 0 Å². The van der Waals surface area contributed by atoms with Crippen molar-refractivity contribution in [3.05, 3.63) is 41.3 Å². The Kier molecular flexibility index (Phi) is 5.19. The Morgan fingerprint density at radius 1 is 1.04 bits per heavy atom. The lowest BCUT2D eigenvalue weighted by molar-refractivity contribution is 0.198. The molecule has 8 heteroatoms. The Morgan fingerprint density at radius 2 is 1.88 bits per heavy atom. The van der Waals surface area contributed by atoms with Crippen LogP contribution in [0.2, 0.25) is 5.15 Å². The molecule has 2 aliphatic heterocycles. The predicted molar refractivity (Wildman–Crippen MR) is 102 cm³/mol.